The third kappa shape index (κ3) is 4.16. The fourth-order valence-electron chi connectivity index (χ4n) is 2.31. The molecule has 0 spiro atoms. The molecule has 0 saturated heterocycles. The number of aliphatic hydroxyl groups excluding tert-OH is 1. The molecule has 2 rings (SSSR count). The van der Waals surface area contributed by atoms with Gasteiger partial charge in [-0.15, -0.1) is 0 Å². The molecule has 1 saturated carbocycles. The van der Waals surface area contributed by atoms with Crippen LogP contribution in [-0.2, 0) is 6.42 Å². The lowest BCUT2D eigenvalue weighted by Crippen LogP contribution is -1.99. The molecule has 0 amide bonds. The summed E-state index contributed by atoms with van der Waals surface area (Å²) < 4.78 is 0. The van der Waals surface area contributed by atoms with E-state index >= 15 is 0 Å². The monoisotopic (exact) mass is 232 g/mol. The Balaban J connectivity index is 1.86. The minimum absolute atomic E-state index is 0.260. The molecule has 1 nitrogen and oxygen atoms in total. The molecule has 1 aliphatic rings. The smallest absolute Gasteiger partial charge is 0.0790 e. The first-order valence-corrected chi connectivity index (χ1v) is 6.92. The van der Waals surface area contributed by atoms with Crippen molar-refractivity contribution in [1.29, 1.82) is 0 Å². The predicted octanol–water partition coefficient (Wildman–Crippen LogP) is 4.11. The Morgan fingerprint density at radius 2 is 1.82 bits per heavy atom. The van der Waals surface area contributed by atoms with Crippen LogP contribution < -0.4 is 0 Å². The molecule has 17 heavy (non-hydrogen) atoms. The SMILES string of the molecule is CC(C)Cc1ccc(C(O)CCC2CC2)cc1. The molecule has 94 valence electrons. The van der Waals surface area contributed by atoms with Crippen molar-refractivity contribution in [3.63, 3.8) is 0 Å². The molecule has 1 aromatic carbocycles. The molecule has 1 heteroatoms. The van der Waals surface area contributed by atoms with E-state index in [0.717, 1.165) is 24.3 Å². The second-order valence-electron chi connectivity index (χ2n) is 5.88. The topological polar surface area (TPSA) is 20.2 Å². The molecule has 0 aromatic heterocycles. The van der Waals surface area contributed by atoms with Gasteiger partial charge >= 0.3 is 0 Å². The summed E-state index contributed by atoms with van der Waals surface area (Å²) in [5.41, 5.74) is 2.45. The van der Waals surface area contributed by atoms with Crippen LogP contribution in [0, 0.1) is 11.8 Å². The molecular weight excluding hydrogens is 208 g/mol. The van der Waals surface area contributed by atoms with Crippen molar-refractivity contribution < 1.29 is 5.11 Å². The van der Waals surface area contributed by atoms with Crippen LogP contribution in [0.1, 0.15) is 56.8 Å². The third-order valence-corrected chi connectivity index (χ3v) is 3.55. The minimum atomic E-state index is -0.260. The molecular formula is C16H24O. The second kappa shape index (κ2) is 5.68. The summed E-state index contributed by atoms with van der Waals surface area (Å²) >= 11 is 0. The maximum Gasteiger partial charge on any atom is 0.0790 e. The highest BCUT2D eigenvalue weighted by atomic mass is 16.3. The van der Waals surface area contributed by atoms with Gasteiger partial charge in [-0.2, -0.15) is 0 Å². The van der Waals surface area contributed by atoms with Crippen LogP contribution in [0.5, 0.6) is 0 Å². The molecule has 0 radical (unpaired) electrons. The summed E-state index contributed by atoms with van der Waals surface area (Å²) in [6.07, 6.45) is 5.73. The molecule has 1 unspecified atom stereocenters. The fourth-order valence-corrected chi connectivity index (χ4v) is 2.31. The van der Waals surface area contributed by atoms with Crippen molar-refractivity contribution in [2.24, 2.45) is 11.8 Å². The quantitative estimate of drug-likeness (QED) is 0.782. The Bertz CT molecular complexity index is 335. The Labute approximate surface area is 105 Å². The maximum atomic E-state index is 10.1. The van der Waals surface area contributed by atoms with Gasteiger partial charge in [-0.3, -0.25) is 0 Å². The van der Waals surface area contributed by atoms with E-state index in [1.807, 2.05) is 0 Å². The number of aliphatic hydroxyl groups is 1. The van der Waals surface area contributed by atoms with Crippen LogP contribution >= 0.6 is 0 Å². The van der Waals surface area contributed by atoms with Crippen molar-refractivity contribution >= 4 is 0 Å². The van der Waals surface area contributed by atoms with Crippen LogP contribution in [-0.4, -0.2) is 5.11 Å². The molecule has 0 heterocycles. The van der Waals surface area contributed by atoms with E-state index in [2.05, 4.69) is 38.1 Å². The number of benzene rings is 1. The van der Waals surface area contributed by atoms with Gasteiger partial charge in [0.25, 0.3) is 0 Å². The normalized spacial score (nSPS) is 17.4. The zero-order valence-electron chi connectivity index (χ0n) is 11.0. The second-order valence-corrected chi connectivity index (χ2v) is 5.88. The zero-order valence-corrected chi connectivity index (χ0v) is 11.0. The molecule has 1 aliphatic carbocycles. The van der Waals surface area contributed by atoms with Crippen LogP contribution in [0.2, 0.25) is 0 Å². The van der Waals surface area contributed by atoms with Crippen molar-refractivity contribution in [2.75, 3.05) is 0 Å². The maximum absolute atomic E-state index is 10.1. The largest absolute Gasteiger partial charge is 0.388 e. The van der Waals surface area contributed by atoms with E-state index in [1.165, 1.54) is 24.8 Å². The molecule has 1 N–H and O–H groups in total. The van der Waals surface area contributed by atoms with Gasteiger partial charge < -0.3 is 5.11 Å². The van der Waals surface area contributed by atoms with Crippen molar-refractivity contribution in [3.8, 4) is 0 Å². The summed E-state index contributed by atoms with van der Waals surface area (Å²) in [6.45, 7) is 4.47. The van der Waals surface area contributed by atoms with E-state index in [4.69, 9.17) is 0 Å². The average Bonchev–Trinajstić information content (AvgIpc) is 3.10. The van der Waals surface area contributed by atoms with E-state index in [-0.39, 0.29) is 6.10 Å². The highest BCUT2D eigenvalue weighted by Crippen LogP contribution is 2.35. The molecule has 1 atom stereocenters. The van der Waals surface area contributed by atoms with Gasteiger partial charge in [-0.1, -0.05) is 51.0 Å². The third-order valence-electron chi connectivity index (χ3n) is 3.55. The Kier molecular flexibility index (Phi) is 4.22. The van der Waals surface area contributed by atoms with E-state index in [1.54, 1.807) is 0 Å². The number of hydrogen-bond acceptors (Lipinski definition) is 1. The lowest BCUT2D eigenvalue weighted by molar-refractivity contribution is 0.162. The van der Waals surface area contributed by atoms with Gasteiger partial charge in [0.1, 0.15) is 0 Å². The first kappa shape index (κ1) is 12.6. The van der Waals surface area contributed by atoms with Gasteiger partial charge in [0, 0.05) is 0 Å². The first-order valence-electron chi connectivity index (χ1n) is 6.92. The van der Waals surface area contributed by atoms with Gasteiger partial charge in [0.2, 0.25) is 0 Å². The van der Waals surface area contributed by atoms with Crippen LogP contribution in [0.4, 0.5) is 0 Å². The Hall–Kier alpha value is -0.820. The zero-order chi connectivity index (χ0) is 12.3. The number of hydrogen-bond donors (Lipinski definition) is 1. The van der Waals surface area contributed by atoms with E-state index < -0.39 is 0 Å². The lowest BCUT2D eigenvalue weighted by Gasteiger charge is -2.12. The van der Waals surface area contributed by atoms with Crippen molar-refractivity contribution in [2.45, 2.75) is 52.1 Å². The van der Waals surface area contributed by atoms with Crippen LogP contribution in [0.15, 0.2) is 24.3 Å². The highest BCUT2D eigenvalue weighted by molar-refractivity contribution is 5.24. The molecule has 0 aliphatic heterocycles. The van der Waals surface area contributed by atoms with Crippen LogP contribution in [0.3, 0.4) is 0 Å². The summed E-state index contributed by atoms with van der Waals surface area (Å²) in [6, 6.07) is 8.51. The summed E-state index contributed by atoms with van der Waals surface area (Å²) in [4.78, 5) is 0. The molecule has 1 fully saturated rings. The first-order chi connectivity index (χ1) is 8.15. The van der Waals surface area contributed by atoms with Crippen molar-refractivity contribution in [1.82, 2.24) is 0 Å². The van der Waals surface area contributed by atoms with Gasteiger partial charge in [0.05, 0.1) is 6.10 Å². The summed E-state index contributed by atoms with van der Waals surface area (Å²) in [5.74, 6) is 1.60. The predicted molar refractivity (Wildman–Crippen MR) is 71.9 cm³/mol. The van der Waals surface area contributed by atoms with Gasteiger partial charge in [-0.25, -0.2) is 0 Å². The highest BCUT2D eigenvalue weighted by Gasteiger charge is 2.22. The Morgan fingerprint density at radius 3 is 2.35 bits per heavy atom. The van der Waals surface area contributed by atoms with E-state index in [9.17, 15) is 5.11 Å². The van der Waals surface area contributed by atoms with Gasteiger partial charge in [-0.05, 0) is 42.2 Å². The van der Waals surface area contributed by atoms with Crippen LogP contribution in [0.25, 0.3) is 0 Å². The standard InChI is InChI=1S/C16H24O/c1-12(2)11-14-5-8-15(9-6-14)16(17)10-7-13-3-4-13/h5-6,8-9,12-13,16-17H,3-4,7,10-11H2,1-2H3. The van der Waals surface area contributed by atoms with E-state index in [0.29, 0.717) is 5.92 Å². The summed E-state index contributed by atoms with van der Waals surface area (Å²) in [7, 11) is 0. The lowest BCUT2D eigenvalue weighted by atomic mass is 9.98. The Morgan fingerprint density at radius 1 is 1.18 bits per heavy atom. The summed E-state index contributed by atoms with van der Waals surface area (Å²) in [5, 5.41) is 10.1. The van der Waals surface area contributed by atoms with Crippen molar-refractivity contribution in [3.05, 3.63) is 35.4 Å². The fraction of sp³-hybridized carbons (Fsp3) is 0.625. The minimum Gasteiger partial charge on any atom is -0.388 e. The number of rotatable bonds is 6. The van der Waals surface area contributed by atoms with Gasteiger partial charge in [0.15, 0.2) is 0 Å². The molecule has 1 aromatic rings. The molecule has 0 bridgehead atoms. The average molecular weight is 232 g/mol.